The Morgan fingerprint density at radius 2 is 1.29 bits per heavy atom. The number of hydrogen-bond acceptors (Lipinski definition) is 7. The second-order valence-corrected chi connectivity index (χ2v) is 5.62. The lowest BCUT2D eigenvalue weighted by molar-refractivity contribution is -0.141. The van der Waals surface area contributed by atoms with Gasteiger partial charge in [0.15, 0.2) is 0 Å². The molecule has 7 nitrogen and oxygen atoms in total. The van der Waals surface area contributed by atoms with Crippen LogP contribution in [0, 0.1) is 0 Å². The van der Waals surface area contributed by atoms with E-state index in [1.807, 2.05) is 18.7 Å². The lowest BCUT2D eigenvalue weighted by Crippen LogP contribution is -2.44. The molecule has 0 amide bonds. The van der Waals surface area contributed by atoms with E-state index in [0.717, 1.165) is 0 Å². The second-order valence-electron chi connectivity index (χ2n) is 5.62. The van der Waals surface area contributed by atoms with Gasteiger partial charge in [0, 0.05) is 31.3 Å². The van der Waals surface area contributed by atoms with Crippen molar-refractivity contribution in [3.63, 3.8) is 0 Å². The molecule has 0 aromatic carbocycles. The molecule has 0 rings (SSSR count). The van der Waals surface area contributed by atoms with Crippen LogP contribution in [0.4, 0.5) is 0 Å². The summed E-state index contributed by atoms with van der Waals surface area (Å²) in [5, 5.41) is 19.9. The summed E-state index contributed by atoms with van der Waals surface area (Å²) in [6.07, 6.45) is 3.91. The van der Waals surface area contributed by atoms with Crippen LogP contribution in [-0.2, 0) is 19.1 Å². The minimum Gasteiger partial charge on any atom is -0.460 e. The molecule has 0 aliphatic carbocycles. The molecule has 2 unspecified atom stereocenters. The molecule has 0 fully saturated rings. The van der Waals surface area contributed by atoms with Crippen molar-refractivity contribution in [1.82, 2.24) is 4.90 Å². The Bertz CT molecular complexity index is 397. The van der Waals surface area contributed by atoms with Crippen LogP contribution in [0.2, 0.25) is 0 Å². The highest BCUT2D eigenvalue weighted by Gasteiger charge is 2.19. The van der Waals surface area contributed by atoms with Crippen molar-refractivity contribution < 1.29 is 29.3 Å². The van der Waals surface area contributed by atoms with Crippen molar-refractivity contribution in [2.24, 2.45) is 0 Å². The normalized spacial score (nSPS) is 14.5. The summed E-state index contributed by atoms with van der Waals surface area (Å²) in [6.45, 7) is 7.42. The molecule has 2 N–H and O–H groups in total. The number of nitrogens with zero attached hydrogens (tertiary/aromatic N) is 1. The first-order chi connectivity index (χ1) is 11.3. The largest absolute Gasteiger partial charge is 0.460 e. The maximum absolute atomic E-state index is 11.2. The monoisotopic (exact) mass is 343 g/mol. The van der Waals surface area contributed by atoms with Crippen molar-refractivity contribution in [1.29, 1.82) is 0 Å². The Morgan fingerprint density at radius 1 is 0.917 bits per heavy atom. The maximum Gasteiger partial charge on any atom is 0.330 e. The highest BCUT2D eigenvalue weighted by Crippen LogP contribution is 2.04. The van der Waals surface area contributed by atoms with E-state index >= 15 is 0 Å². The summed E-state index contributed by atoms with van der Waals surface area (Å²) in [6, 6.07) is 0.0479. The van der Waals surface area contributed by atoms with Crippen LogP contribution in [-0.4, -0.2) is 71.6 Å². The molecule has 0 saturated carbocycles. The first kappa shape index (κ1) is 22.3. The van der Waals surface area contributed by atoms with Crippen molar-refractivity contribution in [3.05, 3.63) is 24.3 Å². The van der Waals surface area contributed by atoms with Gasteiger partial charge >= 0.3 is 11.9 Å². The molecule has 0 heterocycles. The van der Waals surface area contributed by atoms with Crippen LogP contribution in [0.3, 0.4) is 0 Å². The lowest BCUT2D eigenvalue weighted by atomic mass is 10.2. The van der Waals surface area contributed by atoms with Crippen LogP contribution in [0.15, 0.2) is 24.3 Å². The maximum atomic E-state index is 11.2. The summed E-state index contributed by atoms with van der Waals surface area (Å²) in [4.78, 5) is 24.3. The summed E-state index contributed by atoms with van der Waals surface area (Å²) in [7, 11) is 0. The van der Waals surface area contributed by atoms with Gasteiger partial charge in [-0.25, -0.2) is 9.59 Å². The fraction of sp³-hybridized carbons (Fsp3) is 0.647. The quantitative estimate of drug-likeness (QED) is 0.420. The third-order valence-electron chi connectivity index (χ3n) is 3.06. The Morgan fingerprint density at radius 3 is 1.58 bits per heavy atom. The van der Waals surface area contributed by atoms with E-state index in [4.69, 9.17) is 9.47 Å². The number of ether oxygens (including phenoxy) is 2. The first-order valence-electron chi connectivity index (χ1n) is 7.99. The third kappa shape index (κ3) is 10.9. The van der Waals surface area contributed by atoms with Gasteiger partial charge in [-0.15, -0.1) is 0 Å². The molecule has 0 saturated heterocycles. The van der Waals surface area contributed by atoms with E-state index < -0.39 is 24.1 Å². The highest BCUT2D eigenvalue weighted by atomic mass is 16.5. The number of aliphatic hydroxyl groups excluding tert-OH is 2. The van der Waals surface area contributed by atoms with Crippen LogP contribution in [0.1, 0.15) is 27.7 Å². The van der Waals surface area contributed by atoms with Crippen LogP contribution >= 0.6 is 0 Å². The summed E-state index contributed by atoms with van der Waals surface area (Å²) in [5.41, 5.74) is 0. The molecule has 0 aliphatic heterocycles. The van der Waals surface area contributed by atoms with Gasteiger partial charge in [0.05, 0.1) is 0 Å². The minimum absolute atomic E-state index is 0.0479. The van der Waals surface area contributed by atoms with Gasteiger partial charge in [-0.3, -0.25) is 4.90 Å². The fourth-order valence-electron chi connectivity index (χ4n) is 1.87. The molecule has 0 radical (unpaired) electrons. The number of hydrogen-bond donors (Lipinski definition) is 2. The molecule has 0 spiro atoms. The number of carbonyl (C=O) groups excluding carboxylic acids is 2. The van der Waals surface area contributed by atoms with Gasteiger partial charge in [0.25, 0.3) is 0 Å². The smallest absolute Gasteiger partial charge is 0.330 e. The Hall–Kier alpha value is -1.70. The Labute approximate surface area is 143 Å². The van der Waals surface area contributed by atoms with Gasteiger partial charge in [-0.2, -0.15) is 0 Å². The molecule has 0 aliphatic rings. The topological polar surface area (TPSA) is 96.3 Å². The van der Waals surface area contributed by atoms with Gasteiger partial charge in [0.1, 0.15) is 25.4 Å². The molecule has 24 heavy (non-hydrogen) atoms. The SMILES string of the molecule is CC=CC(=O)OCC(O)CN(CC(O)COC(=O)C=CC)C(C)C. The zero-order valence-electron chi connectivity index (χ0n) is 14.8. The molecule has 0 aromatic heterocycles. The third-order valence-corrected chi connectivity index (χ3v) is 3.06. The van der Waals surface area contributed by atoms with Crippen LogP contribution in [0.25, 0.3) is 0 Å². The molecule has 7 heteroatoms. The van der Waals surface area contributed by atoms with Gasteiger partial charge in [-0.1, -0.05) is 12.2 Å². The van der Waals surface area contributed by atoms with Crippen LogP contribution < -0.4 is 0 Å². The molecule has 0 bridgehead atoms. The number of esters is 2. The van der Waals surface area contributed by atoms with E-state index in [-0.39, 0.29) is 32.3 Å². The second kappa shape index (κ2) is 12.7. The molecular formula is C17H29NO6. The van der Waals surface area contributed by atoms with E-state index in [2.05, 4.69) is 0 Å². The van der Waals surface area contributed by atoms with Crippen molar-refractivity contribution >= 4 is 11.9 Å². The number of rotatable bonds is 11. The van der Waals surface area contributed by atoms with Gasteiger partial charge in [-0.05, 0) is 27.7 Å². The van der Waals surface area contributed by atoms with E-state index in [0.29, 0.717) is 0 Å². The molecule has 0 aromatic rings. The van der Waals surface area contributed by atoms with Gasteiger partial charge < -0.3 is 19.7 Å². The van der Waals surface area contributed by atoms with E-state index in [1.165, 1.54) is 12.2 Å². The summed E-state index contributed by atoms with van der Waals surface area (Å²) < 4.78 is 9.79. The minimum atomic E-state index is -0.876. The lowest BCUT2D eigenvalue weighted by Gasteiger charge is -2.30. The van der Waals surface area contributed by atoms with Gasteiger partial charge in [0.2, 0.25) is 0 Å². The molecule has 2 atom stereocenters. The zero-order valence-corrected chi connectivity index (χ0v) is 14.8. The zero-order chi connectivity index (χ0) is 18.5. The highest BCUT2D eigenvalue weighted by molar-refractivity contribution is 5.82. The number of carbonyl (C=O) groups is 2. The molecular weight excluding hydrogens is 314 g/mol. The van der Waals surface area contributed by atoms with E-state index in [1.54, 1.807) is 26.0 Å². The summed E-state index contributed by atoms with van der Waals surface area (Å²) in [5.74, 6) is -1.02. The van der Waals surface area contributed by atoms with Crippen molar-refractivity contribution in [2.45, 2.75) is 45.9 Å². The molecule has 138 valence electrons. The first-order valence-corrected chi connectivity index (χ1v) is 7.99. The predicted octanol–water partition coefficient (Wildman–Crippen LogP) is 0.657. The fourth-order valence-corrected chi connectivity index (χ4v) is 1.87. The Balaban J connectivity index is 4.33. The van der Waals surface area contributed by atoms with E-state index in [9.17, 15) is 19.8 Å². The standard InChI is InChI=1S/C17H29NO6/c1-5-7-16(21)23-11-14(19)9-18(13(3)4)10-15(20)12-24-17(22)8-6-2/h5-8,13-15,19-20H,9-12H2,1-4H3. The summed E-state index contributed by atoms with van der Waals surface area (Å²) >= 11 is 0. The average Bonchev–Trinajstić information content (AvgIpc) is 2.51. The van der Waals surface area contributed by atoms with Crippen LogP contribution in [0.5, 0.6) is 0 Å². The van der Waals surface area contributed by atoms with Crippen molar-refractivity contribution in [2.75, 3.05) is 26.3 Å². The predicted molar refractivity (Wildman–Crippen MR) is 90.3 cm³/mol. The number of aliphatic hydroxyl groups is 2. The average molecular weight is 343 g/mol. The Kier molecular flexibility index (Phi) is 11.8. The van der Waals surface area contributed by atoms with Crippen molar-refractivity contribution in [3.8, 4) is 0 Å². The number of allylic oxidation sites excluding steroid dienone is 2.